The summed E-state index contributed by atoms with van der Waals surface area (Å²) >= 11 is 0. The number of carbonyl (C=O) groups is 1. The van der Waals surface area contributed by atoms with Gasteiger partial charge in [-0.05, 0) is 43.0 Å². The number of rotatable bonds is 5. The van der Waals surface area contributed by atoms with Crippen molar-refractivity contribution < 1.29 is 42.4 Å². The number of carboxylic acid groups (broad SMARTS) is 1. The van der Waals surface area contributed by atoms with Crippen molar-refractivity contribution >= 4 is 5.97 Å². The molecule has 0 bridgehead atoms. The van der Waals surface area contributed by atoms with Gasteiger partial charge in [0.2, 0.25) is 0 Å². The van der Waals surface area contributed by atoms with Gasteiger partial charge in [-0.2, -0.15) is 8.78 Å². The number of benzene rings is 2. The molecule has 5 nitrogen and oxygen atoms in total. The van der Waals surface area contributed by atoms with Gasteiger partial charge in [-0.1, -0.05) is 30.4 Å². The summed E-state index contributed by atoms with van der Waals surface area (Å²) in [5.74, 6) is -8.19. The zero-order valence-corrected chi connectivity index (χ0v) is 18.2. The van der Waals surface area contributed by atoms with Crippen molar-refractivity contribution in [2.75, 3.05) is 0 Å². The van der Waals surface area contributed by atoms with Crippen molar-refractivity contribution in [3.63, 3.8) is 0 Å². The maximum absolute atomic E-state index is 14.8. The lowest BCUT2D eigenvalue weighted by molar-refractivity contribution is -0.0936. The Morgan fingerprint density at radius 1 is 1.24 bits per heavy atom. The maximum atomic E-state index is 14.8. The molecule has 0 saturated heterocycles. The second kappa shape index (κ2) is 9.03. The van der Waals surface area contributed by atoms with Crippen LogP contribution in [0.1, 0.15) is 39.9 Å². The third-order valence-electron chi connectivity index (χ3n) is 6.83. The zero-order chi connectivity index (χ0) is 24.8. The fourth-order valence-corrected chi connectivity index (χ4v) is 4.93. The van der Waals surface area contributed by atoms with Gasteiger partial charge in [0.15, 0.2) is 11.6 Å². The van der Waals surface area contributed by atoms with Crippen LogP contribution in [0.25, 0.3) is 0 Å². The SMILES string of the molecule is Cc1c(F)cccc1C(F)(F)C(O)/C=C/[C@@H]1[C@H]2CCc3ccc(C(=O)O)c(F)c3O[C@H]2C[C@H]1O. The molecule has 2 aromatic carbocycles. The number of aryl methyl sites for hydroxylation is 1. The van der Waals surface area contributed by atoms with Crippen LogP contribution in [-0.4, -0.2) is 39.6 Å². The second-order valence-electron chi connectivity index (χ2n) is 8.82. The number of fused-ring (bicyclic) bond motifs is 2. The number of ether oxygens (including phenoxy) is 1. The van der Waals surface area contributed by atoms with Gasteiger partial charge in [0, 0.05) is 23.8 Å². The first-order chi connectivity index (χ1) is 16.0. The Morgan fingerprint density at radius 2 is 1.97 bits per heavy atom. The standard InChI is InChI=1S/C25H24F4O5/c1-12-17(3-2-4-18(12)26)25(28,29)21(31)10-9-14-15-7-5-13-6-8-16(24(32)33)22(27)23(13)34-20(15)11-19(14)30/h2-4,6,8-10,14-15,19-21,30-31H,5,7,11H2,1H3,(H,32,33)/b10-9+/t14-,15-,19-,20+,21?/m1/s1. The van der Waals surface area contributed by atoms with Crippen LogP contribution in [0.2, 0.25) is 0 Å². The molecule has 182 valence electrons. The average Bonchev–Trinajstić information content (AvgIpc) is 2.95. The predicted molar refractivity (Wildman–Crippen MR) is 114 cm³/mol. The van der Waals surface area contributed by atoms with Crippen molar-refractivity contribution in [3.05, 3.63) is 76.4 Å². The number of aromatic carboxylic acids is 1. The Balaban J connectivity index is 1.55. The van der Waals surface area contributed by atoms with Crippen molar-refractivity contribution in [2.45, 2.75) is 50.4 Å². The maximum Gasteiger partial charge on any atom is 0.338 e. The molecular formula is C25H24F4O5. The van der Waals surface area contributed by atoms with E-state index in [0.29, 0.717) is 18.4 Å². The minimum Gasteiger partial charge on any atom is -0.487 e. The van der Waals surface area contributed by atoms with Crippen LogP contribution in [0.4, 0.5) is 17.6 Å². The van der Waals surface area contributed by atoms with Gasteiger partial charge in [0.25, 0.3) is 0 Å². The minimum absolute atomic E-state index is 0.0886. The summed E-state index contributed by atoms with van der Waals surface area (Å²) in [4.78, 5) is 11.2. The van der Waals surface area contributed by atoms with Crippen molar-refractivity contribution in [1.82, 2.24) is 0 Å². The monoisotopic (exact) mass is 480 g/mol. The number of carboxylic acids is 1. The summed E-state index contributed by atoms with van der Waals surface area (Å²) in [5.41, 5.74) is -0.932. The van der Waals surface area contributed by atoms with Gasteiger partial charge in [-0.25, -0.2) is 13.6 Å². The molecule has 1 saturated carbocycles. The number of aliphatic hydroxyl groups is 2. The molecule has 0 amide bonds. The van der Waals surface area contributed by atoms with Crippen molar-refractivity contribution in [1.29, 1.82) is 0 Å². The summed E-state index contributed by atoms with van der Waals surface area (Å²) < 4.78 is 63.9. The van der Waals surface area contributed by atoms with Crippen LogP contribution in [-0.2, 0) is 12.3 Å². The molecule has 1 aliphatic heterocycles. The van der Waals surface area contributed by atoms with E-state index < -0.39 is 58.9 Å². The van der Waals surface area contributed by atoms with E-state index in [1.54, 1.807) is 0 Å². The molecule has 2 aromatic rings. The van der Waals surface area contributed by atoms with Gasteiger partial charge in [-0.15, -0.1) is 0 Å². The molecule has 1 fully saturated rings. The number of aliphatic hydroxyl groups excluding tert-OH is 2. The molecule has 1 aliphatic carbocycles. The van der Waals surface area contributed by atoms with Gasteiger partial charge in [-0.3, -0.25) is 0 Å². The predicted octanol–water partition coefficient (Wildman–Crippen LogP) is 4.37. The third-order valence-corrected chi connectivity index (χ3v) is 6.83. The lowest BCUT2D eigenvalue weighted by Gasteiger charge is -2.24. The molecule has 34 heavy (non-hydrogen) atoms. The molecule has 3 N–H and O–H groups in total. The highest BCUT2D eigenvalue weighted by Gasteiger charge is 2.46. The lowest BCUT2D eigenvalue weighted by atomic mass is 9.87. The summed E-state index contributed by atoms with van der Waals surface area (Å²) in [6, 6.07) is 5.89. The first-order valence-electron chi connectivity index (χ1n) is 10.9. The van der Waals surface area contributed by atoms with Gasteiger partial charge in [0.1, 0.15) is 18.0 Å². The molecule has 0 spiro atoms. The Labute approximate surface area is 193 Å². The highest BCUT2D eigenvalue weighted by Crippen LogP contribution is 2.44. The Morgan fingerprint density at radius 3 is 2.68 bits per heavy atom. The fraction of sp³-hybridized carbons (Fsp3) is 0.400. The summed E-state index contributed by atoms with van der Waals surface area (Å²) in [6.45, 7) is 1.20. The molecule has 1 unspecified atom stereocenters. The van der Waals surface area contributed by atoms with E-state index in [1.165, 1.54) is 25.1 Å². The normalized spacial score (nSPS) is 25.4. The quantitative estimate of drug-likeness (QED) is 0.437. The van der Waals surface area contributed by atoms with Crippen LogP contribution >= 0.6 is 0 Å². The van der Waals surface area contributed by atoms with E-state index in [1.807, 2.05) is 0 Å². The molecule has 0 radical (unpaired) electrons. The number of halogens is 4. The summed E-state index contributed by atoms with van der Waals surface area (Å²) in [6.07, 6.45) is -0.855. The lowest BCUT2D eigenvalue weighted by Crippen LogP contribution is -2.31. The molecule has 9 heteroatoms. The fourth-order valence-electron chi connectivity index (χ4n) is 4.93. The van der Waals surface area contributed by atoms with Gasteiger partial charge < -0.3 is 20.1 Å². The van der Waals surface area contributed by atoms with Gasteiger partial charge >= 0.3 is 11.9 Å². The Kier molecular flexibility index (Phi) is 6.44. The molecule has 5 atom stereocenters. The van der Waals surface area contributed by atoms with Crippen LogP contribution < -0.4 is 4.74 Å². The topological polar surface area (TPSA) is 87.0 Å². The van der Waals surface area contributed by atoms with Crippen molar-refractivity contribution in [3.8, 4) is 5.75 Å². The molecule has 2 aliphatic rings. The second-order valence-corrected chi connectivity index (χ2v) is 8.82. The summed E-state index contributed by atoms with van der Waals surface area (Å²) in [7, 11) is 0. The molecule has 0 aromatic heterocycles. The molecule has 1 heterocycles. The van der Waals surface area contributed by atoms with E-state index in [4.69, 9.17) is 9.84 Å². The number of hydrogen-bond acceptors (Lipinski definition) is 4. The summed E-state index contributed by atoms with van der Waals surface area (Å²) in [5, 5.41) is 29.9. The zero-order valence-electron chi connectivity index (χ0n) is 18.2. The average molecular weight is 480 g/mol. The largest absolute Gasteiger partial charge is 0.487 e. The Bertz CT molecular complexity index is 1130. The molecule has 4 rings (SSSR count). The van der Waals surface area contributed by atoms with Crippen LogP contribution in [0.3, 0.4) is 0 Å². The molecular weight excluding hydrogens is 456 g/mol. The van der Waals surface area contributed by atoms with E-state index in [0.717, 1.165) is 24.3 Å². The minimum atomic E-state index is -3.77. The van der Waals surface area contributed by atoms with E-state index >= 15 is 0 Å². The van der Waals surface area contributed by atoms with Crippen LogP contribution in [0, 0.1) is 30.4 Å². The highest BCUT2D eigenvalue weighted by atomic mass is 19.3. The van der Waals surface area contributed by atoms with Crippen LogP contribution in [0.15, 0.2) is 42.5 Å². The Hall–Kier alpha value is -2.91. The number of alkyl halides is 2. The van der Waals surface area contributed by atoms with E-state index in [9.17, 15) is 32.6 Å². The number of hydrogen-bond donors (Lipinski definition) is 3. The van der Waals surface area contributed by atoms with Crippen molar-refractivity contribution in [2.24, 2.45) is 11.8 Å². The highest BCUT2D eigenvalue weighted by molar-refractivity contribution is 5.88. The van der Waals surface area contributed by atoms with E-state index in [2.05, 4.69) is 0 Å². The smallest absolute Gasteiger partial charge is 0.338 e. The third kappa shape index (κ3) is 4.18. The first-order valence-corrected chi connectivity index (χ1v) is 10.9. The van der Waals surface area contributed by atoms with Crippen LogP contribution in [0.5, 0.6) is 5.75 Å². The van der Waals surface area contributed by atoms with E-state index in [-0.39, 0.29) is 23.7 Å². The van der Waals surface area contributed by atoms with Gasteiger partial charge in [0.05, 0.1) is 11.7 Å². The first kappa shape index (κ1) is 24.2.